The molecule has 0 spiro atoms. The van der Waals surface area contributed by atoms with Gasteiger partial charge in [0.15, 0.2) is 5.96 Å². The zero-order valence-corrected chi connectivity index (χ0v) is 21.1. The van der Waals surface area contributed by atoms with Gasteiger partial charge in [-0.2, -0.15) is 0 Å². The number of guanidine groups is 1. The first-order valence-corrected chi connectivity index (χ1v) is 11.3. The minimum Gasteiger partial charge on any atom is -0.379 e. The lowest BCUT2D eigenvalue weighted by molar-refractivity contribution is -0.140. The van der Waals surface area contributed by atoms with E-state index in [1.54, 1.807) is 7.05 Å². The van der Waals surface area contributed by atoms with Crippen LogP contribution in [0.25, 0.3) is 0 Å². The van der Waals surface area contributed by atoms with Gasteiger partial charge in [0, 0.05) is 45.8 Å². The first-order valence-electron chi connectivity index (χ1n) is 11.3. The zero-order chi connectivity index (χ0) is 21.3. The lowest BCUT2D eigenvalue weighted by Gasteiger charge is -2.37. The molecule has 2 bridgehead atoms. The molecule has 2 aliphatic heterocycles. The van der Waals surface area contributed by atoms with Crippen molar-refractivity contribution in [3.63, 3.8) is 0 Å². The molecule has 5 unspecified atom stereocenters. The van der Waals surface area contributed by atoms with E-state index < -0.39 is 0 Å². The van der Waals surface area contributed by atoms with Gasteiger partial charge in [-0.15, -0.1) is 24.0 Å². The maximum atomic E-state index is 12.8. The smallest absolute Gasteiger partial charge is 0.233 e. The van der Waals surface area contributed by atoms with Crippen molar-refractivity contribution in [2.24, 2.45) is 34.6 Å². The molecule has 4 aliphatic rings. The lowest BCUT2D eigenvalue weighted by Crippen LogP contribution is -2.53. The fourth-order valence-electron chi connectivity index (χ4n) is 5.59. The van der Waals surface area contributed by atoms with Crippen LogP contribution in [0.1, 0.15) is 20.3 Å². The van der Waals surface area contributed by atoms with E-state index in [9.17, 15) is 9.59 Å². The number of likely N-dealkylation sites (tertiary alicyclic amines) is 1. The quantitative estimate of drug-likeness (QED) is 0.163. The Morgan fingerprint density at radius 3 is 2.29 bits per heavy atom. The van der Waals surface area contributed by atoms with Gasteiger partial charge < -0.3 is 15.4 Å². The van der Waals surface area contributed by atoms with Crippen LogP contribution in [-0.2, 0) is 14.3 Å². The minimum absolute atomic E-state index is 0. The molecular weight excluding hydrogens is 509 g/mol. The van der Waals surface area contributed by atoms with E-state index in [0.29, 0.717) is 31.0 Å². The summed E-state index contributed by atoms with van der Waals surface area (Å²) in [6.07, 6.45) is 5.23. The van der Waals surface area contributed by atoms with Gasteiger partial charge in [0.25, 0.3) is 0 Å². The average Bonchev–Trinajstić information content (AvgIpc) is 3.42. The van der Waals surface area contributed by atoms with Gasteiger partial charge in [-0.25, -0.2) is 0 Å². The van der Waals surface area contributed by atoms with Crippen molar-refractivity contribution in [1.82, 2.24) is 20.4 Å². The van der Waals surface area contributed by atoms with Crippen molar-refractivity contribution < 1.29 is 14.3 Å². The number of carbonyl (C=O) groups excluding carboxylic acids is 2. The van der Waals surface area contributed by atoms with Crippen molar-refractivity contribution >= 4 is 41.8 Å². The fraction of sp³-hybridized carbons (Fsp3) is 0.773. The number of fused-ring (bicyclic) bond motifs is 5. The second-order valence-electron chi connectivity index (χ2n) is 9.17. The van der Waals surface area contributed by atoms with Crippen LogP contribution in [-0.4, -0.2) is 86.6 Å². The Hall–Kier alpha value is -1.20. The van der Waals surface area contributed by atoms with E-state index in [0.717, 1.165) is 39.3 Å². The highest BCUT2D eigenvalue weighted by Crippen LogP contribution is 2.52. The van der Waals surface area contributed by atoms with E-state index in [1.165, 1.54) is 4.90 Å². The number of halogens is 1. The minimum atomic E-state index is -0.120. The number of hydrogen-bond acceptors (Lipinski definition) is 5. The van der Waals surface area contributed by atoms with Crippen LogP contribution in [0.15, 0.2) is 17.1 Å². The number of rotatable bonds is 7. The van der Waals surface area contributed by atoms with E-state index >= 15 is 0 Å². The standard InChI is InChI=1S/C22H35N5O3.HI/c1-14(2)17(26-8-10-30-11-9-26)13-25-22(23-3)24-6-7-27-20(28)18-15-4-5-16(12-15)19(18)21(27)29;/h4-5,14-19H,6-13H2,1-3H3,(H2,23,24,25);1H. The van der Waals surface area contributed by atoms with Crippen LogP contribution in [0.5, 0.6) is 0 Å². The molecule has 1 saturated carbocycles. The normalized spacial score (nSPS) is 31.2. The highest BCUT2D eigenvalue weighted by atomic mass is 127. The third kappa shape index (κ3) is 4.93. The number of hydrogen-bond donors (Lipinski definition) is 2. The summed E-state index contributed by atoms with van der Waals surface area (Å²) in [6, 6.07) is 0.400. The molecule has 2 saturated heterocycles. The number of ether oxygens (including phenoxy) is 1. The fourth-order valence-corrected chi connectivity index (χ4v) is 5.59. The summed E-state index contributed by atoms with van der Waals surface area (Å²) in [4.78, 5) is 33.8. The number of morpholine rings is 1. The van der Waals surface area contributed by atoms with Crippen molar-refractivity contribution in [2.75, 3.05) is 53.0 Å². The molecule has 2 heterocycles. The predicted octanol–water partition coefficient (Wildman–Crippen LogP) is 0.933. The van der Waals surface area contributed by atoms with Gasteiger partial charge in [-0.3, -0.25) is 24.4 Å². The number of amides is 2. The van der Waals surface area contributed by atoms with Crippen molar-refractivity contribution in [3.8, 4) is 0 Å². The van der Waals surface area contributed by atoms with Crippen LogP contribution in [0.2, 0.25) is 0 Å². The van der Waals surface area contributed by atoms with Crippen LogP contribution >= 0.6 is 24.0 Å². The molecule has 8 nitrogen and oxygen atoms in total. The molecule has 2 amide bonds. The molecule has 2 aliphatic carbocycles. The number of aliphatic imine (C=N–C) groups is 1. The SMILES string of the molecule is CN=C(NCCN1C(=O)C2C3C=CC(C3)C2C1=O)NCC(C(C)C)N1CCOCC1.I. The molecule has 2 N–H and O–H groups in total. The van der Waals surface area contributed by atoms with Gasteiger partial charge in [-0.1, -0.05) is 26.0 Å². The molecule has 3 fully saturated rings. The van der Waals surface area contributed by atoms with Crippen LogP contribution < -0.4 is 10.6 Å². The van der Waals surface area contributed by atoms with Gasteiger partial charge in [-0.05, 0) is 24.2 Å². The summed E-state index contributed by atoms with van der Waals surface area (Å²) in [5, 5.41) is 6.69. The molecule has 0 aromatic carbocycles. The molecule has 9 heteroatoms. The van der Waals surface area contributed by atoms with E-state index in [2.05, 4.69) is 46.5 Å². The van der Waals surface area contributed by atoms with E-state index in [4.69, 9.17) is 4.74 Å². The van der Waals surface area contributed by atoms with Crippen molar-refractivity contribution in [1.29, 1.82) is 0 Å². The monoisotopic (exact) mass is 545 g/mol. The van der Waals surface area contributed by atoms with Gasteiger partial charge >= 0.3 is 0 Å². The summed E-state index contributed by atoms with van der Waals surface area (Å²) < 4.78 is 5.48. The number of nitrogens with one attached hydrogen (secondary N) is 2. The molecule has 0 aromatic rings. The van der Waals surface area contributed by atoms with Gasteiger partial charge in [0.1, 0.15) is 0 Å². The van der Waals surface area contributed by atoms with Crippen LogP contribution in [0.4, 0.5) is 0 Å². The van der Waals surface area contributed by atoms with Gasteiger partial charge in [0.2, 0.25) is 11.8 Å². The summed E-state index contributed by atoms with van der Waals surface area (Å²) in [5.41, 5.74) is 0. The molecule has 174 valence electrons. The summed E-state index contributed by atoms with van der Waals surface area (Å²) >= 11 is 0. The lowest BCUT2D eigenvalue weighted by atomic mass is 9.85. The Kier molecular flexibility index (Phi) is 8.37. The number of allylic oxidation sites excluding steroid dienone is 2. The highest BCUT2D eigenvalue weighted by Gasteiger charge is 2.58. The third-order valence-corrected chi connectivity index (χ3v) is 7.18. The summed E-state index contributed by atoms with van der Waals surface area (Å²) in [5.74, 6) is 1.52. The first-order chi connectivity index (χ1) is 14.5. The molecule has 4 rings (SSSR count). The Balaban J connectivity index is 0.00000272. The zero-order valence-electron chi connectivity index (χ0n) is 18.8. The topological polar surface area (TPSA) is 86.3 Å². The highest BCUT2D eigenvalue weighted by molar-refractivity contribution is 14.0. The average molecular weight is 545 g/mol. The Labute approximate surface area is 202 Å². The molecule has 0 aromatic heterocycles. The molecule has 0 radical (unpaired) electrons. The van der Waals surface area contributed by atoms with Gasteiger partial charge in [0.05, 0.1) is 25.0 Å². The van der Waals surface area contributed by atoms with Crippen molar-refractivity contribution in [3.05, 3.63) is 12.2 Å². The summed E-state index contributed by atoms with van der Waals surface area (Å²) in [6.45, 7) is 9.64. The van der Waals surface area contributed by atoms with E-state index in [1.807, 2.05) is 0 Å². The molecular formula is C22H36IN5O3. The number of imide groups is 1. The number of nitrogens with zero attached hydrogens (tertiary/aromatic N) is 3. The molecule has 31 heavy (non-hydrogen) atoms. The first kappa shape index (κ1) is 24.4. The Morgan fingerprint density at radius 2 is 1.74 bits per heavy atom. The Bertz CT molecular complexity index is 692. The third-order valence-electron chi connectivity index (χ3n) is 7.18. The van der Waals surface area contributed by atoms with Crippen LogP contribution in [0.3, 0.4) is 0 Å². The second kappa shape index (κ2) is 10.6. The van der Waals surface area contributed by atoms with Crippen molar-refractivity contribution in [2.45, 2.75) is 26.3 Å². The molecule has 5 atom stereocenters. The largest absolute Gasteiger partial charge is 0.379 e. The maximum Gasteiger partial charge on any atom is 0.233 e. The van der Waals surface area contributed by atoms with Crippen LogP contribution in [0, 0.1) is 29.6 Å². The van der Waals surface area contributed by atoms with E-state index in [-0.39, 0.29) is 59.5 Å². The maximum absolute atomic E-state index is 12.8. The summed E-state index contributed by atoms with van der Waals surface area (Å²) in [7, 11) is 1.74. The Morgan fingerprint density at radius 1 is 1.13 bits per heavy atom. The number of carbonyl (C=O) groups is 2. The second-order valence-corrected chi connectivity index (χ2v) is 9.17. The predicted molar refractivity (Wildman–Crippen MR) is 130 cm³/mol.